The highest BCUT2D eigenvalue weighted by molar-refractivity contribution is 6.05. The Morgan fingerprint density at radius 3 is 2.53 bits per heavy atom. The van der Waals surface area contributed by atoms with Gasteiger partial charge in [0.15, 0.2) is 11.5 Å². The predicted octanol–water partition coefficient (Wildman–Crippen LogP) is 3.26. The summed E-state index contributed by atoms with van der Waals surface area (Å²) in [6, 6.07) is 11.5. The highest BCUT2D eigenvalue weighted by Crippen LogP contribution is 2.37. The molecule has 4 heterocycles. The highest BCUT2D eigenvalue weighted by Gasteiger charge is 2.55. The second kappa shape index (κ2) is 9.38. The first kappa shape index (κ1) is 24.3. The third-order valence-electron chi connectivity index (χ3n) is 8.35. The summed E-state index contributed by atoms with van der Waals surface area (Å²) in [6.07, 6.45) is 5.62. The minimum absolute atomic E-state index is 0.0495. The molecule has 0 spiro atoms. The summed E-state index contributed by atoms with van der Waals surface area (Å²) in [7, 11) is 0. The normalized spacial score (nSPS) is 22.5. The van der Waals surface area contributed by atoms with Crippen molar-refractivity contribution in [3.8, 4) is 0 Å². The molecule has 1 aromatic carbocycles. The standard InChI is InChI=1S/C29H30N4O5/c1-18-19-9-3-4-11-23(19)38-25(18)26(35)31-29(13-6-2-7-14-29)28(37)32-16-12-21-24(32)22(34)17-33(21)27(36)20-10-5-8-15-30-20/h3-5,8-11,15,21,24H,2,6-7,12-14,16-17H2,1H3,(H,31,35). The third kappa shape index (κ3) is 3.88. The molecule has 0 radical (unpaired) electrons. The van der Waals surface area contributed by atoms with E-state index in [0.29, 0.717) is 31.4 Å². The van der Waals surface area contributed by atoms with E-state index in [1.54, 1.807) is 34.2 Å². The van der Waals surface area contributed by atoms with Crippen LogP contribution in [0.3, 0.4) is 0 Å². The lowest BCUT2D eigenvalue weighted by Crippen LogP contribution is -2.62. The average molecular weight is 515 g/mol. The maximum Gasteiger partial charge on any atom is 0.288 e. The maximum absolute atomic E-state index is 14.2. The molecule has 6 rings (SSSR count). The molecule has 2 aliphatic heterocycles. The predicted molar refractivity (Wildman–Crippen MR) is 138 cm³/mol. The zero-order valence-electron chi connectivity index (χ0n) is 21.3. The van der Waals surface area contributed by atoms with E-state index in [1.807, 2.05) is 31.2 Å². The van der Waals surface area contributed by atoms with E-state index in [2.05, 4.69) is 10.3 Å². The van der Waals surface area contributed by atoms with E-state index in [-0.39, 0.29) is 35.6 Å². The zero-order chi connectivity index (χ0) is 26.4. The number of furan rings is 1. The van der Waals surface area contributed by atoms with E-state index in [4.69, 9.17) is 4.42 Å². The highest BCUT2D eigenvalue weighted by atomic mass is 16.3. The van der Waals surface area contributed by atoms with Crippen molar-refractivity contribution in [3.63, 3.8) is 0 Å². The first-order valence-corrected chi connectivity index (χ1v) is 13.3. The largest absolute Gasteiger partial charge is 0.451 e. The van der Waals surface area contributed by atoms with Crippen LogP contribution in [0.4, 0.5) is 0 Å². The van der Waals surface area contributed by atoms with Crippen molar-refractivity contribution in [2.24, 2.45) is 0 Å². The molecule has 2 aromatic heterocycles. The number of nitrogens with one attached hydrogen (secondary N) is 1. The van der Waals surface area contributed by atoms with E-state index in [0.717, 1.165) is 30.2 Å². The van der Waals surface area contributed by atoms with Gasteiger partial charge in [0, 0.05) is 23.7 Å². The first-order chi connectivity index (χ1) is 18.4. The Balaban J connectivity index is 1.26. The number of Topliss-reactive ketones (excluding diaryl/α,β-unsaturated/α-hetero) is 1. The number of hydrogen-bond acceptors (Lipinski definition) is 6. The van der Waals surface area contributed by atoms with Crippen molar-refractivity contribution in [1.82, 2.24) is 20.1 Å². The van der Waals surface area contributed by atoms with Gasteiger partial charge in [-0.25, -0.2) is 0 Å². The number of amides is 3. The van der Waals surface area contributed by atoms with Crippen molar-refractivity contribution < 1.29 is 23.6 Å². The molecule has 3 aromatic rings. The van der Waals surface area contributed by atoms with Crippen molar-refractivity contribution in [2.75, 3.05) is 13.1 Å². The number of pyridine rings is 1. The van der Waals surface area contributed by atoms with E-state index in [1.165, 1.54) is 0 Å². The van der Waals surface area contributed by atoms with E-state index >= 15 is 0 Å². The van der Waals surface area contributed by atoms with E-state index < -0.39 is 23.5 Å². The van der Waals surface area contributed by atoms with Gasteiger partial charge in [-0.1, -0.05) is 43.5 Å². The van der Waals surface area contributed by atoms with Crippen molar-refractivity contribution in [2.45, 2.75) is 63.1 Å². The zero-order valence-corrected chi connectivity index (χ0v) is 21.3. The molecule has 3 aliphatic rings. The van der Waals surface area contributed by atoms with Gasteiger partial charge >= 0.3 is 0 Å². The molecule has 3 amide bonds. The molecule has 1 saturated carbocycles. The maximum atomic E-state index is 14.2. The molecule has 2 atom stereocenters. The summed E-state index contributed by atoms with van der Waals surface area (Å²) >= 11 is 0. The van der Waals surface area contributed by atoms with Gasteiger partial charge in [-0.2, -0.15) is 0 Å². The van der Waals surface area contributed by atoms with Gasteiger partial charge in [-0.3, -0.25) is 24.2 Å². The van der Waals surface area contributed by atoms with Gasteiger partial charge in [0.05, 0.1) is 12.6 Å². The van der Waals surface area contributed by atoms with Crippen LogP contribution < -0.4 is 5.32 Å². The minimum atomic E-state index is -1.12. The van der Waals surface area contributed by atoms with Crippen LogP contribution in [0.25, 0.3) is 11.0 Å². The molecular formula is C29H30N4O5. The molecule has 1 N–H and O–H groups in total. The van der Waals surface area contributed by atoms with Crippen molar-refractivity contribution in [1.29, 1.82) is 0 Å². The Labute approximate surface area is 220 Å². The van der Waals surface area contributed by atoms with Gasteiger partial charge in [0.25, 0.3) is 11.8 Å². The van der Waals surface area contributed by atoms with Crippen LogP contribution in [0.2, 0.25) is 0 Å². The summed E-state index contributed by atoms with van der Waals surface area (Å²) in [5.74, 6) is -0.925. The van der Waals surface area contributed by atoms with Gasteiger partial charge in [-0.05, 0) is 44.4 Å². The molecule has 3 fully saturated rings. The second-order valence-corrected chi connectivity index (χ2v) is 10.6. The Morgan fingerprint density at radius 2 is 1.79 bits per heavy atom. The topological polar surface area (TPSA) is 113 Å². The smallest absolute Gasteiger partial charge is 0.288 e. The Bertz CT molecular complexity index is 1430. The number of ketones is 1. The third-order valence-corrected chi connectivity index (χ3v) is 8.35. The number of carbonyl (C=O) groups is 4. The summed E-state index contributed by atoms with van der Waals surface area (Å²) in [6.45, 7) is 2.14. The molecule has 196 valence electrons. The van der Waals surface area contributed by atoms with Crippen LogP contribution in [0.15, 0.2) is 53.1 Å². The Kier molecular flexibility index (Phi) is 6.01. The fraction of sp³-hybridized carbons (Fsp3) is 0.414. The van der Waals surface area contributed by atoms with Gasteiger partial charge in [0.1, 0.15) is 22.9 Å². The quantitative estimate of drug-likeness (QED) is 0.572. The summed E-state index contributed by atoms with van der Waals surface area (Å²) in [5, 5.41) is 3.92. The van der Waals surface area contributed by atoms with Gasteiger partial charge in [0.2, 0.25) is 5.91 Å². The van der Waals surface area contributed by atoms with Crippen LogP contribution in [0.1, 0.15) is 65.1 Å². The summed E-state index contributed by atoms with van der Waals surface area (Å²) in [5.41, 5.74) is 0.514. The lowest BCUT2D eigenvalue weighted by atomic mass is 9.80. The molecule has 9 heteroatoms. The first-order valence-electron chi connectivity index (χ1n) is 13.3. The van der Waals surface area contributed by atoms with Crippen LogP contribution >= 0.6 is 0 Å². The van der Waals surface area contributed by atoms with Gasteiger partial charge in [-0.15, -0.1) is 0 Å². The number of para-hydroxylation sites is 1. The van der Waals surface area contributed by atoms with E-state index in [9.17, 15) is 19.2 Å². The molecule has 38 heavy (non-hydrogen) atoms. The molecule has 1 aliphatic carbocycles. The fourth-order valence-electron chi connectivity index (χ4n) is 6.44. The summed E-state index contributed by atoms with van der Waals surface area (Å²) < 4.78 is 5.88. The number of fused-ring (bicyclic) bond motifs is 2. The average Bonchev–Trinajstić information content (AvgIpc) is 3.62. The van der Waals surface area contributed by atoms with Crippen LogP contribution in [0.5, 0.6) is 0 Å². The number of benzene rings is 1. The number of aryl methyl sites for hydroxylation is 1. The van der Waals surface area contributed by atoms with Gasteiger partial charge < -0.3 is 19.5 Å². The second-order valence-electron chi connectivity index (χ2n) is 10.6. The number of hydrogen-bond donors (Lipinski definition) is 1. The molecule has 0 bridgehead atoms. The minimum Gasteiger partial charge on any atom is -0.451 e. The Hall–Kier alpha value is -4.01. The fourth-order valence-corrected chi connectivity index (χ4v) is 6.44. The van der Waals surface area contributed by atoms with Crippen LogP contribution in [-0.2, 0) is 9.59 Å². The molecule has 2 unspecified atom stereocenters. The van der Waals surface area contributed by atoms with Crippen molar-refractivity contribution in [3.05, 3.63) is 65.7 Å². The number of likely N-dealkylation sites (tertiary alicyclic amines) is 2. The molecule has 2 saturated heterocycles. The molecular weight excluding hydrogens is 484 g/mol. The summed E-state index contributed by atoms with van der Waals surface area (Å²) in [4.78, 5) is 61.3. The Morgan fingerprint density at radius 1 is 1.03 bits per heavy atom. The monoisotopic (exact) mass is 514 g/mol. The van der Waals surface area contributed by atoms with Crippen LogP contribution in [-0.4, -0.2) is 69.0 Å². The number of rotatable bonds is 4. The SMILES string of the molecule is Cc1c(C(=O)NC2(C(=O)N3CCC4C3C(=O)CN4C(=O)c3ccccn3)CCCCC2)oc2ccccc12. The lowest BCUT2D eigenvalue weighted by molar-refractivity contribution is -0.143. The molecule has 9 nitrogen and oxygen atoms in total. The van der Waals surface area contributed by atoms with Crippen LogP contribution in [0, 0.1) is 6.92 Å². The number of aromatic nitrogens is 1. The number of nitrogens with zero attached hydrogens (tertiary/aromatic N) is 3. The van der Waals surface area contributed by atoms with Crippen molar-refractivity contribution >= 4 is 34.5 Å². The number of carbonyl (C=O) groups excluding carboxylic acids is 4. The lowest BCUT2D eigenvalue weighted by Gasteiger charge is -2.40.